The van der Waals surface area contributed by atoms with Gasteiger partial charge < -0.3 is 0 Å². The van der Waals surface area contributed by atoms with Gasteiger partial charge in [0.25, 0.3) is 0 Å². The highest BCUT2D eigenvalue weighted by Crippen LogP contribution is 2.38. The van der Waals surface area contributed by atoms with E-state index in [1.807, 2.05) is 166 Å². The third-order valence-electron chi connectivity index (χ3n) is 10.5. The molecule has 0 aliphatic rings. The van der Waals surface area contributed by atoms with Crippen LogP contribution < -0.4 is 0 Å². The summed E-state index contributed by atoms with van der Waals surface area (Å²) >= 11 is 0. The summed E-state index contributed by atoms with van der Waals surface area (Å²) in [7, 11) is 0. The zero-order valence-electron chi connectivity index (χ0n) is 34.1. The molecule has 0 bridgehead atoms. The Labute approximate surface area is 359 Å². The summed E-state index contributed by atoms with van der Waals surface area (Å²) < 4.78 is 0. The molecule has 0 saturated carbocycles. The second-order valence-electron chi connectivity index (χ2n) is 15.0. The van der Waals surface area contributed by atoms with Crippen molar-refractivity contribution in [3.05, 3.63) is 206 Å². The summed E-state index contributed by atoms with van der Waals surface area (Å²) in [6.07, 6.45) is 0. The van der Waals surface area contributed by atoms with Crippen LogP contribution in [-0.2, 0) is 0 Å². The summed E-state index contributed by atoms with van der Waals surface area (Å²) in [5, 5.41) is 0. The van der Waals surface area contributed by atoms with Gasteiger partial charge in [-0.05, 0) is 66.4 Å². The number of rotatable bonds is 9. The van der Waals surface area contributed by atoms with E-state index in [1.54, 1.807) is 0 Å². The molecule has 0 aliphatic heterocycles. The first kappa shape index (κ1) is 37.9. The van der Waals surface area contributed by atoms with E-state index in [2.05, 4.69) is 42.5 Å². The van der Waals surface area contributed by atoms with Gasteiger partial charge in [-0.25, -0.2) is 39.9 Å². The average molecular weight is 799 g/mol. The quantitative estimate of drug-likeness (QED) is 0.142. The van der Waals surface area contributed by atoms with Crippen molar-refractivity contribution in [2.24, 2.45) is 0 Å². The molecule has 10 aromatic rings. The van der Waals surface area contributed by atoms with E-state index in [-0.39, 0.29) is 0 Å². The molecular formula is C54H38N8. The Balaban J connectivity index is 1.14. The lowest BCUT2D eigenvalue weighted by atomic mass is 9.92. The molecule has 0 spiro atoms. The van der Waals surface area contributed by atoms with Crippen LogP contribution in [0.2, 0.25) is 0 Å². The molecule has 62 heavy (non-hydrogen) atoms. The summed E-state index contributed by atoms with van der Waals surface area (Å²) in [6.45, 7) is 4.00. The van der Waals surface area contributed by atoms with Crippen molar-refractivity contribution in [3.8, 4) is 102 Å². The van der Waals surface area contributed by atoms with Gasteiger partial charge in [0, 0.05) is 50.3 Å². The van der Waals surface area contributed by atoms with Gasteiger partial charge in [0.05, 0.1) is 0 Å². The molecule has 7 aromatic carbocycles. The molecule has 0 saturated heterocycles. The molecule has 0 amide bonds. The lowest BCUT2D eigenvalue weighted by molar-refractivity contribution is 1.06. The van der Waals surface area contributed by atoms with Crippen LogP contribution in [0, 0.1) is 13.8 Å². The van der Waals surface area contributed by atoms with E-state index < -0.39 is 0 Å². The molecular weight excluding hydrogens is 761 g/mol. The van der Waals surface area contributed by atoms with E-state index in [1.165, 1.54) is 0 Å². The average Bonchev–Trinajstić information content (AvgIpc) is 3.34. The highest BCUT2D eigenvalue weighted by molar-refractivity contribution is 5.87. The molecule has 294 valence electrons. The van der Waals surface area contributed by atoms with Crippen LogP contribution in [0.25, 0.3) is 102 Å². The molecule has 0 fully saturated rings. The predicted octanol–water partition coefficient (Wildman–Crippen LogP) is 12.5. The topological polar surface area (TPSA) is 103 Å². The third kappa shape index (κ3) is 8.00. The zero-order chi connectivity index (χ0) is 41.8. The van der Waals surface area contributed by atoms with Crippen LogP contribution in [0.15, 0.2) is 194 Å². The fourth-order valence-corrected chi connectivity index (χ4v) is 7.57. The van der Waals surface area contributed by atoms with Crippen molar-refractivity contribution < 1.29 is 0 Å². The fraction of sp³-hybridized carbons (Fsp3) is 0.0370. The van der Waals surface area contributed by atoms with Crippen LogP contribution in [0.1, 0.15) is 11.4 Å². The van der Waals surface area contributed by atoms with E-state index in [0.29, 0.717) is 40.8 Å². The second-order valence-corrected chi connectivity index (χ2v) is 15.0. The molecule has 0 N–H and O–H groups in total. The normalized spacial score (nSPS) is 11.1. The number of benzene rings is 7. The molecule has 0 radical (unpaired) electrons. The molecule has 0 unspecified atom stereocenters. The first-order valence-electron chi connectivity index (χ1n) is 20.4. The summed E-state index contributed by atoms with van der Waals surface area (Å²) in [5.74, 6) is 4.22. The maximum Gasteiger partial charge on any atom is 0.164 e. The first-order chi connectivity index (χ1) is 30.5. The predicted molar refractivity (Wildman–Crippen MR) is 247 cm³/mol. The number of aryl methyl sites for hydroxylation is 2. The van der Waals surface area contributed by atoms with Gasteiger partial charge in [0.15, 0.2) is 40.8 Å². The molecule has 10 rings (SSSR count). The number of hydrogen-bond donors (Lipinski definition) is 0. The van der Waals surface area contributed by atoms with E-state index >= 15 is 0 Å². The smallest absolute Gasteiger partial charge is 0.164 e. The number of nitrogens with zero attached hydrogens (tertiary/aromatic N) is 8. The number of aromatic nitrogens is 8. The van der Waals surface area contributed by atoms with E-state index in [4.69, 9.17) is 39.9 Å². The van der Waals surface area contributed by atoms with Crippen LogP contribution in [0.4, 0.5) is 0 Å². The molecule has 3 heterocycles. The largest absolute Gasteiger partial charge is 0.233 e. The minimum absolute atomic E-state index is 0.572. The highest BCUT2D eigenvalue weighted by Gasteiger charge is 2.19. The number of hydrogen-bond acceptors (Lipinski definition) is 8. The van der Waals surface area contributed by atoms with Crippen molar-refractivity contribution in [1.29, 1.82) is 0 Å². The van der Waals surface area contributed by atoms with Crippen molar-refractivity contribution in [1.82, 2.24) is 39.9 Å². The SMILES string of the molecule is Cc1cc(C)nc(-c2cc(-c3cccc(-c4nc(-c5ccccc5)nc(-c5ccccc5)n4)c3)cc(-c3ccccc3-c3nc(-c4ccccc4)nc(-c4ccccc4)n3)c2)n1. The first-order valence-corrected chi connectivity index (χ1v) is 20.4. The minimum Gasteiger partial charge on any atom is -0.233 e. The van der Waals surface area contributed by atoms with Crippen LogP contribution >= 0.6 is 0 Å². The Morgan fingerprint density at radius 3 is 1.02 bits per heavy atom. The molecule has 3 aromatic heterocycles. The zero-order valence-corrected chi connectivity index (χ0v) is 34.1. The van der Waals surface area contributed by atoms with Gasteiger partial charge in [-0.1, -0.05) is 164 Å². The highest BCUT2D eigenvalue weighted by atomic mass is 15.0. The van der Waals surface area contributed by atoms with Gasteiger partial charge in [0.1, 0.15) is 0 Å². The maximum atomic E-state index is 5.11. The molecule has 0 aliphatic carbocycles. The molecule has 8 heteroatoms. The van der Waals surface area contributed by atoms with Crippen molar-refractivity contribution >= 4 is 0 Å². The van der Waals surface area contributed by atoms with Gasteiger partial charge in [-0.15, -0.1) is 0 Å². The Bertz CT molecular complexity index is 3060. The van der Waals surface area contributed by atoms with Crippen LogP contribution in [-0.4, -0.2) is 39.9 Å². The molecule has 8 nitrogen and oxygen atoms in total. The maximum absolute atomic E-state index is 5.11. The van der Waals surface area contributed by atoms with Gasteiger partial charge in [0.2, 0.25) is 0 Å². The van der Waals surface area contributed by atoms with Crippen LogP contribution in [0.5, 0.6) is 0 Å². The van der Waals surface area contributed by atoms with Crippen LogP contribution in [0.3, 0.4) is 0 Å². The van der Waals surface area contributed by atoms with Gasteiger partial charge in [-0.2, -0.15) is 0 Å². The van der Waals surface area contributed by atoms with E-state index in [0.717, 1.165) is 72.6 Å². The summed E-state index contributed by atoms with van der Waals surface area (Å²) in [6, 6.07) is 65.2. The van der Waals surface area contributed by atoms with Gasteiger partial charge in [-0.3, -0.25) is 0 Å². The molecule has 0 atom stereocenters. The Morgan fingerprint density at radius 1 is 0.210 bits per heavy atom. The Hall–Kier alpha value is -8.36. The monoisotopic (exact) mass is 798 g/mol. The van der Waals surface area contributed by atoms with E-state index in [9.17, 15) is 0 Å². The standard InChI is InChI=1S/C54H38N8/c1-35-30-36(2)56-53(55-35)45-33-43(41-26-17-27-42(31-41)52-59-48(37-18-7-3-8-19-37)57-49(60-52)38-20-9-4-10-21-38)32-44(34-45)46-28-15-16-29-47(46)54-61-50(39-22-11-5-12-23-39)58-51(62-54)40-24-13-6-14-25-40/h3-34H,1-2H3. The van der Waals surface area contributed by atoms with Crippen molar-refractivity contribution in [2.45, 2.75) is 13.8 Å². The minimum atomic E-state index is 0.572. The lowest BCUT2D eigenvalue weighted by Crippen LogP contribution is -2.01. The second kappa shape index (κ2) is 16.7. The Kier molecular flexibility index (Phi) is 10.2. The van der Waals surface area contributed by atoms with Crippen molar-refractivity contribution in [3.63, 3.8) is 0 Å². The van der Waals surface area contributed by atoms with Crippen molar-refractivity contribution in [2.75, 3.05) is 0 Å². The Morgan fingerprint density at radius 2 is 0.532 bits per heavy atom. The fourth-order valence-electron chi connectivity index (χ4n) is 7.57. The van der Waals surface area contributed by atoms with Gasteiger partial charge >= 0.3 is 0 Å². The summed E-state index contributed by atoms with van der Waals surface area (Å²) in [4.78, 5) is 40.0. The third-order valence-corrected chi connectivity index (χ3v) is 10.5. The summed E-state index contributed by atoms with van der Waals surface area (Å²) in [5.41, 5.74) is 11.9. The lowest BCUT2D eigenvalue weighted by Gasteiger charge is -2.15.